The summed E-state index contributed by atoms with van der Waals surface area (Å²) in [7, 11) is 1.44. The number of amides is 1. The van der Waals surface area contributed by atoms with E-state index in [-0.39, 0.29) is 18.2 Å². The number of carbonyl (C=O) groups excluding carboxylic acids is 1. The van der Waals surface area contributed by atoms with Crippen LogP contribution in [0.25, 0.3) is 11.4 Å². The van der Waals surface area contributed by atoms with Crippen molar-refractivity contribution in [3.8, 4) is 11.4 Å². The van der Waals surface area contributed by atoms with E-state index in [1.165, 1.54) is 7.11 Å². The summed E-state index contributed by atoms with van der Waals surface area (Å²) < 4.78 is 41.6. The normalized spacial score (nSPS) is 14.2. The first-order valence-corrected chi connectivity index (χ1v) is 7.23. The molecule has 7 nitrogen and oxygen atoms in total. The third-order valence-corrected chi connectivity index (χ3v) is 3.56. The van der Waals surface area contributed by atoms with Crippen LogP contribution < -0.4 is 0 Å². The summed E-state index contributed by atoms with van der Waals surface area (Å²) in [6, 6.07) is 6.37. The van der Waals surface area contributed by atoms with Gasteiger partial charge in [0.25, 0.3) is 0 Å². The minimum atomic E-state index is -4.68. The van der Waals surface area contributed by atoms with Crippen LogP contribution in [0.3, 0.4) is 0 Å². The predicted octanol–water partition coefficient (Wildman–Crippen LogP) is 2.14. The van der Waals surface area contributed by atoms with Crippen molar-refractivity contribution in [1.82, 2.24) is 15.0 Å². The Hall–Kier alpha value is -2.91. The molecule has 132 valence electrons. The molecule has 2 aromatic rings. The van der Waals surface area contributed by atoms with Gasteiger partial charge in [-0.3, -0.25) is 4.79 Å². The Labute approximate surface area is 140 Å². The van der Waals surface area contributed by atoms with Crippen molar-refractivity contribution in [2.24, 2.45) is 5.16 Å². The van der Waals surface area contributed by atoms with Crippen molar-refractivity contribution in [1.29, 1.82) is 0 Å². The highest BCUT2D eigenvalue weighted by molar-refractivity contribution is 5.99. The SMILES string of the molecule is CON=C1CN(C(=O)Cc2ccc(-c3noc(C(F)(F)F)n3)cc2)C1. The number of carbonyl (C=O) groups is 1. The number of rotatable bonds is 4. The van der Waals surface area contributed by atoms with Crippen molar-refractivity contribution in [3.05, 3.63) is 35.7 Å². The van der Waals surface area contributed by atoms with Gasteiger partial charge in [0.05, 0.1) is 25.2 Å². The van der Waals surface area contributed by atoms with E-state index < -0.39 is 12.1 Å². The molecule has 0 spiro atoms. The summed E-state index contributed by atoms with van der Waals surface area (Å²) in [4.78, 5) is 21.7. The van der Waals surface area contributed by atoms with Gasteiger partial charge in [-0.25, -0.2) is 0 Å². The Bertz CT molecular complexity index is 791. The first-order chi connectivity index (χ1) is 11.9. The third-order valence-electron chi connectivity index (χ3n) is 3.56. The van der Waals surface area contributed by atoms with Gasteiger partial charge in [0.1, 0.15) is 7.11 Å². The molecule has 0 N–H and O–H groups in total. The van der Waals surface area contributed by atoms with E-state index in [1.54, 1.807) is 29.2 Å². The van der Waals surface area contributed by atoms with E-state index in [9.17, 15) is 18.0 Å². The molecule has 2 heterocycles. The minimum absolute atomic E-state index is 0.0679. The maximum absolute atomic E-state index is 12.5. The molecule has 1 aromatic heterocycles. The molecular weight excluding hydrogens is 341 g/mol. The summed E-state index contributed by atoms with van der Waals surface area (Å²) in [6.07, 6.45) is -4.50. The molecule has 25 heavy (non-hydrogen) atoms. The highest BCUT2D eigenvalue weighted by atomic mass is 19.4. The smallest absolute Gasteiger partial charge is 0.399 e. The average molecular weight is 354 g/mol. The van der Waals surface area contributed by atoms with Gasteiger partial charge in [-0.15, -0.1) is 0 Å². The Kier molecular flexibility index (Phi) is 4.43. The van der Waals surface area contributed by atoms with Gasteiger partial charge in [-0.2, -0.15) is 18.2 Å². The highest BCUT2D eigenvalue weighted by Crippen LogP contribution is 2.29. The summed E-state index contributed by atoms with van der Waals surface area (Å²) in [5, 5.41) is 7.07. The van der Waals surface area contributed by atoms with Crippen LogP contribution >= 0.6 is 0 Å². The van der Waals surface area contributed by atoms with Crippen LogP contribution in [0.4, 0.5) is 13.2 Å². The molecule has 1 fully saturated rings. The minimum Gasteiger partial charge on any atom is -0.399 e. The number of oxime groups is 1. The van der Waals surface area contributed by atoms with Crippen LogP contribution in [0.15, 0.2) is 33.9 Å². The molecule has 1 aliphatic heterocycles. The molecule has 0 aliphatic carbocycles. The maximum Gasteiger partial charge on any atom is 0.471 e. The number of halogens is 3. The maximum atomic E-state index is 12.5. The van der Waals surface area contributed by atoms with Crippen LogP contribution in [-0.4, -0.2) is 46.9 Å². The predicted molar refractivity (Wildman–Crippen MR) is 79.5 cm³/mol. The fraction of sp³-hybridized carbons (Fsp3) is 0.333. The Morgan fingerprint density at radius 1 is 1.32 bits per heavy atom. The van der Waals surface area contributed by atoms with Gasteiger partial charge in [-0.1, -0.05) is 34.6 Å². The molecule has 3 rings (SSSR count). The van der Waals surface area contributed by atoms with Crippen LogP contribution in [0, 0.1) is 0 Å². The van der Waals surface area contributed by atoms with Crippen LogP contribution in [-0.2, 0) is 22.2 Å². The van der Waals surface area contributed by atoms with Crippen LogP contribution in [0.5, 0.6) is 0 Å². The van der Waals surface area contributed by atoms with Gasteiger partial charge in [0.15, 0.2) is 0 Å². The van der Waals surface area contributed by atoms with Crippen LogP contribution in [0.2, 0.25) is 0 Å². The lowest BCUT2D eigenvalue weighted by Gasteiger charge is -2.32. The van der Waals surface area contributed by atoms with E-state index in [0.717, 1.165) is 11.3 Å². The second-order valence-electron chi connectivity index (χ2n) is 5.38. The fourth-order valence-corrected chi connectivity index (χ4v) is 2.27. The second kappa shape index (κ2) is 6.54. The summed E-state index contributed by atoms with van der Waals surface area (Å²) in [5.41, 5.74) is 1.89. The first-order valence-electron chi connectivity index (χ1n) is 7.23. The van der Waals surface area contributed by atoms with E-state index in [0.29, 0.717) is 18.7 Å². The molecule has 1 aliphatic rings. The molecule has 10 heteroatoms. The van der Waals surface area contributed by atoms with Crippen molar-refractivity contribution in [2.75, 3.05) is 20.2 Å². The molecule has 0 radical (unpaired) electrons. The van der Waals surface area contributed by atoms with Crippen molar-refractivity contribution in [3.63, 3.8) is 0 Å². The number of hydrogen-bond donors (Lipinski definition) is 0. The molecule has 0 saturated carbocycles. The Morgan fingerprint density at radius 2 is 2.00 bits per heavy atom. The van der Waals surface area contributed by atoms with Gasteiger partial charge >= 0.3 is 12.1 Å². The topological polar surface area (TPSA) is 80.8 Å². The zero-order valence-corrected chi connectivity index (χ0v) is 13.1. The first kappa shape index (κ1) is 16.9. The standard InChI is InChI=1S/C15H13F3N4O3/c1-24-20-11-7-22(8-11)12(23)6-9-2-4-10(5-3-9)13-19-14(25-21-13)15(16,17)18/h2-5H,6-8H2,1H3. The number of alkyl halides is 3. The van der Waals surface area contributed by atoms with E-state index in [2.05, 4.69) is 24.7 Å². The average Bonchev–Trinajstić information content (AvgIpc) is 3.01. The summed E-state index contributed by atoms with van der Waals surface area (Å²) >= 11 is 0. The Morgan fingerprint density at radius 3 is 2.56 bits per heavy atom. The lowest BCUT2D eigenvalue weighted by molar-refractivity contribution is -0.159. The number of aromatic nitrogens is 2. The zero-order chi connectivity index (χ0) is 18.0. The monoisotopic (exact) mass is 354 g/mol. The third kappa shape index (κ3) is 3.78. The molecule has 0 unspecified atom stereocenters. The van der Waals surface area contributed by atoms with E-state index >= 15 is 0 Å². The van der Waals surface area contributed by atoms with Crippen molar-refractivity contribution >= 4 is 11.6 Å². The van der Waals surface area contributed by atoms with Gasteiger partial charge in [0, 0.05) is 5.56 Å². The summed E-state index contributed by atoms with van der Waals surface area (Å²) in [6.45, 7) is 0.877. The number of hydrogen-bond acceptors (Lipinski definition) is 6. The van der Waals surface area contributed by atoms with Crippen molar-refractivity contribution < 1.29 is 27.3 Å². The largest absolute Gasteiger partial charge is 0.471 e. The highest BCUT2D eigenvalue weighted by Gasteiger charge is 2.38. The lowest BCUT2D eigenvalue weighted by Crippen LogP contribution is -2.51. The molecule has 1 aromatic carbocycles. The van der Waals surface area contributed by atoms with E-state index in [4.69, 9.17) is 0 Å². The Balaban J connectivity index is 1.62. The van der Waals surface area contributed by atoms with E-state index in [1.807, 2.05) is 0 Å². The fourth-order valence-electron chi connectivity index (χ4n) is 2.27. The second-order valence-corrected chi connectivity index (χ2v) is 5.38. The van der Waals surface area contributed by atoms with Gasteiger partial charge < -0.3 is 14.3 Å². The van der Waals surface area contributed by atoms with Crippen LogP contribution in [0.1, 0.15) is 11.5 Å². The van der Waals surface area contributed by atoms with Crippen molar-refractivity contribution in [2.45, 2.75) is 12.6 Å². The molecule has 0 atom stereocenters. The molecule has 1 amide bonds. The molecular formula is C15H13F3N4O3. The molecule has 1 saturated heterocycles. The lowest BCUT2D eigenvalue weighted by atomic mass is 10.1. The summed E-state index contributed by atoms with van der Waals surface area (Å²) in [5.74, 6) is -1.62. The number of benzene rings is 1. The number of nitrogens with zero attached hydrogens (tertiary/aromatic N) is 4. The zero-order valence-electron chi connectivity index (χ0n) is 13.1. The molecule has 0 bridgehead atoms. The quantitative estimate of drug-likeness (QED) is 0.786. The number of likely N-dealkylation sites (tertiary alicyclic amines) is 1. The van der Waals surface area contributed by atoms with Gasteiger partial charge in [-0.05, 0) is 5.56 Å². The van der Waals surface area contributed by atoms with Gasteiger partial charge in [0.2, 0.25) is 11.7 Å².